The van der Waals surface area contributed by atoms with E-state index in [2.05, 4.69) is 10.4 Å². The van der Waals surface area contributed by atoms with Crippen LogP contribution in [0.2, 0.25) is 0 Å². The molecule has 0 saturated carbocycles. The molecule has 3 N–H and O–H groups in total. The van der Waals surface area contributed by atoms with Gasteiger partial charge in [-0.1, -0.05) is 18.2 Å². The van der Waals surface area contributed by atoms with E-state index in [0.29, 0.717) is 18.7 Å². The number of rotatable bonds is 6. The number of carbonyl (C=O) groups excluding carboxylic acids is 1. The number of aryl methyl sites for hydroxylation is 1. The Morgan fingerprint density at radius 3 is 2.68 bits per heavy atom. The standard InChI is InChI=1S/C16H22N4O.ClH/c1-12-7-3-4-8-15(12)20-13(2)14(11-19-20)16(21)18-10-6-5-9-17;/h3-4,7-8,11H,5-6,9-10,17H2,1-2H3,(H,18,21);1H. The minimum atomic E-state index is -0.0793. The Kier molecular flexibility index (Phi) is 7.08. The fourth-order valence-electron chi connectivity index (χ4n) is 2.24. The second kappa shape index (κ2) is 8.56. The molecule has 0 aliphatic carbocycles. The lowest BCUT2D eigenvalue weighted by Crippen LogP contribution is -2.25. The van der Waals surface area contributed by atoms with Gasteiger partial charge in [0, 0.05) is 6.54 Å². The Hall–Kier alpha value is -1.85. The van der Waals surface area contributed by atoms with Crippen LogP contribution < -0.4 is 11.1 Å². The Bertz CT molecular complexity index is 624. The third kappa shape index (κ3) is 4.08. The number of carbonyl (C=O) groups is 1. The molecule has 2 aromatic rings. The molecule has 120 valence electrons. The normalized spacial score (nSPS) is 10.1. The van der Waals surface area contributed by atoms with Crippen LogP contribution in [0.4, 0.5) is 0 Å². The van der Waals surface area contributed by atoms with Crippen molar-refractivity contribution in [3.8, 4) is 5.69 Å². The number of nitrogens with zero attached hydrogens (tertiary/aromatic N) is 2. The van der Waals surface area contributed by atoms with Gasteiger partial charge in [0.1, 0.15) is 0 Å². The number of para-hydroxylation sites is 1. The highest BCUT2D eigenvalue weighted by Gasteiger charge is 2.15. The van der Waals surface area contributed by atoms with E-state index in [1.807, 2.05) is 42.8 Å². The van der Waals surface area contributed by atoms with Gasteiger partial charge < -0.3 is 11.1 Å². The van der Waals surface area contributed by atoms with Crippen LogP contribution in [0.25, 0.3) is 5.69 Å². The lowest BCUT2D eigenvalue weighted by molar-refractivity contribution is 0.0952. The van der Waals surface area contributed by atoms with E-state index in [1.54, 1.807) is 6.20 Å². The van der Waals surface area contributed by atoms with Crippen LogP contribution in [-0.2, 0) is 0 Å². The van der Waals surface area contributed by atoms with Gasteiger partial charge in [0.05, 0.1) is 23.1 Å². The van der Waals surface area contributed by atoms with Crippen molar-refractivity contribution in [1.82, 2.24) is 15.1 Å². The van der Waals surface area contributed by atoms with Gasteiger partial charge in [-0.3, -0.25) is 4.79 Å². The van der Waals surface area contributed by atoms with E-state index >= 15 is 0 Å². The quantitative estimate of drug-likeness (QED) is 0.802. The van der Waals surface area contributed by atoms with Crippen molar-refractivity contribution < 1.29 is 4.79 Å². The molecule has 1 amide bonds. The van der Waals surface area contributed by atoms with Gasteiger partial charge in [-0.15, -0.1) is 12.4 Å². The zero-order valence-corrected chi connectivity index (χ0v) is 13.8. The van der Waals surface area contributed by atoms with E-state index in [1.165, 1.54) is 0 Å². The summed E-state index contributed by atoms with van der Waals surface area (Å²) in [6, 6.07) is 7.99. The number of halogens is 1. The summed E-state index contributed by atoms with van der Waals surface area (Å²) in [6.07, 6.45) is 3.44. The van der Waals surface area contributed by atoms with Crippen LogP contribution in [0.15, 0.2) is 30.5 Å². The Labute approximate surface area is 137 Å². The van der Waals surface area contributed by atoms with Gasteiger partial charge in [0.15, 0.2) is 0 Å². The lowest BCUT2D eigenvalue weighted by atomic mass is 10.2. The van der Waals surface area contributed by atoms with Crippen molar-refractivity contribution >= 4 is 18.3 Å². The monoisotopic (exact) mass is 322 g/mol. The third-order valence-electron chi connectivity index (χ3n) is 3.51. The summed E-state index contributed by atoms with van der Waals surface area (Å²) in [5, 5.41) is 7.25. The van der Waals surface area contributed by atoms with Crippen LogP contribution >= 0.6 is 12.4 Å². The van der Waals surface area contributed by atoms with Crippen LogP contribution in [-0.4, -0.2) is 28.8 Å². The van der Waals surface area contributed by atoms with Crippen LogP contribution in [0.1, 0.15) is 34.5 Å². The topological polar surface area (TPSA) is 72.9 Å². The fraction of sp³-hybridized carbons (Fsp3) is 0.375. The molecule has 0 atom stereocenters. The average Bonchev–Trinajstić information content (AvgIpc) is 2.86. The number of aromatic nitrogens is 2. The average molecular weight is 323 g/mol. The fourth-order valence-corrected chi connectivity index (χ4v) is 2.24. The number of amides is 1. The van der Waals surface area contributed by atoms with Gasteiger partial charge in [-0.25, -0.2) is 4.68 Å². The first kappa shape index (κ1) is 18.2. The number of unbranched alkanes of at least 4 members (excludes halogenated alkanes) is 1. The van der Waals surface area contributed by atoms with Crippen LogP contribution in [0, 0.1) is 13.8 Å². The zero-order valence-electron chi connectivity index (χ0n) is 13.0. The molecule has 0 saturated heterocycles. The number of hydrogen-bond acceptors (Lipinski definition) is 3. The molecule has 22 heavy (non-hydrogen) atoms. The molecular formula is C16H23ClN4O. The SMILES string of the molecule is Cc1ccccc1-n1ncc(C(=O)NCCCCN)c1C.Cl. The number of nitrogens with two attached hydrogens (primary N) is 1. The molecular weight excluding hydrogens is 300 g/mol. The summed E-state index contributed by atoms with van der Waals surface area (Å²) in [4.78, 5) is 12.2. The summed E-state index contributed by atoms with van der Waals surface area (Å²) < 4.78 is 1.81. The molecule has 0 bridgehead atoms. The van der Waals surface area contributed by atoms with E-state index in [4.69, 9.17) is 5.73 Å². The second-order valence-electron chi connectivity index (χ2n) is 5.09. The molecule has 0 radical (unpaired) electrons. The molecule has 1 aromatic carbocycles. The minimum absolute atomic E-state index is 0. The summed E-state index contributed by atoms with van der Waals surface area (Å²) in [5.41, 5.74) is 9.02. The highest BCUT2D eigenvalue weighted by atomic mass is 35.5. The first-order chi connectivity index (χ1) is 10.1. The van der Waals surface area contributed by atoms with Gasteiger partial charge >= 0.3 is 0 Å². The molecule has 6 heteroatoms. The molecule has 1 heterocycles. The Balaban J connectivity index is 0.00000242. The summed E-state index contributed by atoms with van der Waals surface area (Å²) in [6.45, 7) is 5.24. The number of benzene rings is 1. The van der Waals surface area contributed by atoms with E-state index < -0.39 is 0 Å². The van der Waals surface area contributed by atoms with Crippen molar-refractivity contribution in [2.24, 2.45) is 5.73 Å². The van der Waals surface area contributed by atoms with Crippen LogP contribution in [0.3, 0.4) is 0 Å². The molecule has 0 fully saturated rings. The second-order valence-corrected chi connectivity index (χ2v) is 5.09. The molecule has 2 rings (SSSR count). The predicted octanol–water partition coefficient (Wildman–Crippen LogP) is 2.38. The van der Waals surface area contributed by atoms with Gasteiger partial charge in [-0.05, 0) is 44.9 Å². The number of hydrogen-bond donors (Lipinski definition) is 2. The van der Waals surface area contributed by atoms with E-state index in [9.17, 15) is 4.79 Å². The van der Waals surface area contributed by atoms with Gasteiger partial charge in [0.2, 0.25) is 0 Å². The number of nitrogens with one attached hydrogen (secondary N) is 1. The maximum Gasteiger partial charge on any atom is 0.254 e. The summed E-state index contributed by atoms with van der Waals surface area (Å²) >= 11 is 0. The lowest BCUT2D eigenvalue weighted by Gasteiger charge is -2.08. The first-order valence-electron chi connectivity index (χ1n) is 7.24. The van der Waals surface area contributed by atoms with Gasteiger partial charge in [-0.2, -0.15) is 5.10 Å². The third-order valence-corrected chi connectivity index (χ3v) is 3.51. The Morgan fingerprint density at radius 2 is 2.00 bits per heavy atom. The maximum atomic E-state index is 12.2. The van der Waals surface area contributed by atoms with Gasteiger partial charge in [0.25, 0.3) is 5.91 Å². The maximum absolute atomic E-state index is 12.2. The Morgan fingerprint density at radius 1 is 1.27 bits per heavy atom. The molecule has 5 nitrogen and oxygen atoms in total. The summed E-state index contributed by atoms with van der Waals surface area (Å²) in [7, 11) is 0. The van der Waals surface area contributed by atoms with Crippen LogP contribution in [0.5, 0.6) is 0 Å². The largest absolute Gasteiger partial charge is 0.352 e. The first-order valence-corrected chi connectivity index (χ1v) is 7.24. The highest BCUT2D eigenvalue weighted by molar-refractivity contribution is 5.95. The smallest absolute Gasteiger partial charge is 0.254 e. The summed E-state index contributed by atoms with van der Waals surface area (Å²) in [5.74, 6) is -0.0793. The molecule has 0 spiro atoms. The van der Waals surface area contributed by atoms with Crippen molar-refractivity contribution in [3.05, 3.63) is 47.3 Å². The highest BCUT2D eigenvalue weighted by Crippen LogP contribution is 2.17. The van der Waals surface area contributed by atoms with E-state index in [-0.39, 0.29) is 18.3 Å². The van der Waals surface area contributed by atoms with Crippen molar-refractivity contribution in [2.75, 3.05) is 13.1 Å². The van der Waals surface area contributed by atoms with Crippen molar-refractivity contribution in [2.45, 2.75) is 26.7 Å². The molecule has 0 unspecified atom stereocenters. The van der Waals surface area contributed by atoms with Crippen molar-refractivity contribution in [3.63, 3.8) is 0 Å². The molecule has 1 aromatic heterocycles. The molecule has 0 aliphatic rings. The van der Waals surface area contributed by atoms with Crippen molar-refractivity contribution in [1.29, 1.82) is 0 Å². The predicted molar refractivity (Wildman–Crippen MR) is 90.9 cm³/mol. The van der Waals surface area contributed by atoms with E-state index in [0.717, 1.165) is 29.8 Å². The zero-order chi connectivity index (χ0) is 15.2. The minimum Gasteiger partial charge on any atom is -0.352 e. The molecule has 0 aliphatic heterocycles.